The number of amides is 1. The number of benzene rings is 2. The molecule has 2 aromatic rings. The van der Waals surface area contributed by atoms with Crippen molar-refractivity contribution >= 4 is 17.3 Å². The maximum atomic E-state index is 12.5. The number of nitrogens with zero attached hydrogens (tertiary/aromatic N) is 3. The molecule has 31 heavy (non-hydrogen) atoms. The van der Waals surface area contributed by atoms with Gasteiger partial charge in [0.1, 0.15) is 11.4 Å². The second kappa shape index (κ2) is 9.65. The van der Waals surface area contributed by atoms with Crippen molar-refractivity contribution in [2.45, 2.75) is 12.9 Å². The van der Waals surface area contributed by atoms with Gasteiger partial charge in [0.15, 0.2) is 0 Å². The summed E-state index contributed by atoms with van der Waals surface area (Å²) in [6, 6.07) is 12.1. The van der Waals surface area contributed by atoms with Gasteiger partial charge in [-0.05, 0) is 12.1 Å². The molecule has 1 aliphatic rings. The van der Waals surface area contributed by atoms with Gasteiger partial charge in [-0.25, -0.2) is 0 Å². The molecule has 1 saturated heterocycles. The minimum Gasteiger partial charge on any atom is -0.405 e. The molecule has 1 aliphatic heterocycles. The number of anilines is 1. The lowest BCUT2D eigenvalue weighted by Crippen LogP contribution is -2.49. The number of para-hydroxylation sites is 3. The number of carbonyl (C=O) groups is 1. The average molecular weight is 438 g/mol. The molecule has 1 heterocycles. The molecule has 1 amide bonds. The van der Waals surface area contributed by atoms with Crippen LogP contribution in [0.15, 0.2) is 48.5 Å². The van der Waals surface area contributed by atoms with Gasteiger partial charge >= 0.3 is 6.36 Å². The van der Waals surface area contributed by atoms with Gasteiger partial charge < -0.3 is 15.0 Å². The summed E-state index contributed by atoms with van der Waals surface area (Å²) >= 11 is 0. The number of nitrogens with one attached hydrogen (secondary N) is 1. The number of carbonyl (C=O) groups excluding carboxylic acids is 1. The fraction of sp³-hybridized carbons (Fsp3) is 0.350. The summed E-state index contributed by atoms with van der Waals surface area (Å²) in [6.45, 7) is 2.05. The maximum Gasteiger partial charge on any atom is 0.573 e. The van der Waals surface area contributed by atoms with E-state index in [1.807, 2.05) is 9.80 Å². The van der Waals surface area contributed by atoms with E-state index in [-0.39, 0.29) is 36.0 Å². The van der Waals surface area contributed by atoms with Gasteiger partial charge in [0, 0.05) is 44.4 Å². The Kier molecular flexibility index (Phi) is 6.95. The van der Waals surface area contributed by atoms with Crippen LogP contribution in [0.1, 0.15) is 5.56 Å². The van der Waals surface area contributed by atoms with Crippen molar-refractivity contribution in [2.75, 3.05) is 37.6 Å². The zero-order valence-electron chi connectivity index (χ0n) is 16.5. The first-order valence-electron chi connectivity index (χ1n) is 9.54. The Morgan fingerprint density at radius 2 is 1.71 bits per heavy atom. The monoisotopic (exact) mass is 438 g/mol. The highest BCUT2D eigenvalue weighted by molar-refractivity contribution is 5.78. The number of ether oxygens (including phenoxy) is 1. The van der Waals surface area contributed by atoms with Crippen molar-refractivity contribution in [1.82, 2.24) is 10.2 Å². The van der Waals surface area contributed by atoms with Crippen molar-refractivity contribution in [2.24, 2.45) is 0 Å². The SMILES string of the molecule is O=C(CN1CCN(c2ccccc2[N+](=O)[O-])CC1)NCc1ccccc1OC(F)(F)F. The van der Waals surface area contributed by atoms with E-state index >= 15 is 0 Å². The minimum atomic E-state index is -4.81. The Balaban J connectivity index is 1.50. The van der Waals surface area contributed by atoms with Crippen LogP contribution in [0.4, 0.5) is 24.5 Å². The quantitative estimate of drug-likeness (QED) is 0.528. The molecule has 11 heteroatoms. The van der Waals surface area contributed by atoms with E-state index in [4.69, 9.17) is 0 Å². The van der Waals surface area contributed by atoms with Gasteiger partial charge in [-0.2, -0.15) is 0 Å². The van der Waals surface area contributed by atoms with Crippen LogP contribution in [0.3, 0.4) is 0 Å². The van der Waals surface area contributed by atoms with Crippen LogP contribution < -0.4 is 15.0 Å². The van der Waals surface area contributed by atoms with Crippen LogP contribution in [-0.2, 0) is 11.3 Å². The molecule has 0 radical (unpaired) electrons. The van der Waals surface area contributed by atoms with Crippen LogP contribution in [0.2, 0.25) is 0 Å². The number of hydrogen-bond donors (Lipinski definition) is 1. The molecular formula is C20H21F3N4O4. The molecule has 0 spiro atoms. The summed E-state index contributed by atoms with van der Waals surface area (Å²) in [7, 11) is 0. The molecule has 1 N–H and O–H groups in total. The van der Waals surface area contributed by atoms with E-state index in [9.17, 15) is 28.1 Å². The van der Waals surface area contributed by atoms with Crippen LogP contribution in [0.5, 0.6) is 5.75 Å². The first kappa shape index (κ1) is 22.3. The number of hydrogen-bond acceptors (Lipinski definition) is 6. The van der Waals surface area contributed by atoms with Crippen molar-refractivity contribution in [3.8, 4) is 5.75 Å². The standard InChI is InChI=1S/C20H21F3N4O4/c21-20(22,23)31-18-8-4-1-5-15(18)13-24-19(28)14-25-9-11-26(12-10-25)16-6-2-3-7-17(16)27(29)30/h1-8H,9-14H2,(H,24,28). The Hall–Kier alpha value is -3.34. The van der Waals surface area contributed by atoms with Gasteiger partial charge in [-0.3, -0.25) is 19.8 Å². The molecule has 0 atom stereocenters. The van der Waals surface area contributed by atoms with E-state index in [1.54, 1.807) is 24.3 Å². The molecule has 166 valence electrons. The van der Waals surface area contributed by atoms with E-state index in [0.717, 1.165) is 0 Å². The predicted molar refractivity (Wildman–Crippen MR) is 107 cm³/mol. The zero-order chi connectivity index (χ0) is 22.4. The van der Waals surface area contributed by atoms with Crippen LogP contribution in [0.25, 0.3) is 0 Å². The highest BCUT2D eigenvalue weighted by Gasteiger charge is 2.32. The minimum absolute atomic E-state index is 0.0356. The van der Waals surface area contributed by atoms with Gasteiger partial charge in [0.2, 0.25) is 5.91 Å². The number of nitro benzene ring substituents is 1. The summed E-state index contributed by atoms with van der Waals surface area (Å²) in [4.78, 5) is 26.8. The Morgan fingerprint density at radius 3 is 2.39 bits per heavy atom. The lowest BCUT2D eigenvalue weighted by Gasteiger charge is -2.35. The van der Waals surface area contributed by atoms with Crippen molar-refractivity contribution in [3.05, 3.63) is 64.2 Å². The summed E-state index contributed by atoms with van der Waals surface area (Å²) in [6.07, 6.45) is -4.81. The molecule has 3 rings (SSSR count). The van der Waals surface area contributed by atoms with E-state index in [1.165, 1.54) is 24.3 Å². The molecule has 8 nitrogen and oxygen atoms in total. The highest BCUT2D eigenvalue weighted by atomic mass is 19.4. The number of nitro groups is 1. The molecule has 0 unspecified atom stereocenters. The molecule has 0 aromatic heterocycles. The highest BCUT2D eigenvalue weighted by Crippen LogP contribution is 2.28. The fourth-order valence-corrected chi connectivity index (χ4v) is 3.36. The third kappa shape index (κ3) is 6.32. The zero-order valence-corrected chi connectivity index (χ0v) is 16.5. The second-order valence-electron chi connectivity index (χ2n) is 6.94. The van der Waals surface area contributed by atoms with E-state index < -0.39 is 11.3 Å². The van der Waals surface area contributed by atoms with Gasteiger partial charge in [-0.1, -0.05) is 30.3 Å². The van der Waals surface area contributed by atoms with E-state index in [0.29, 0.717) is 31.9 Å². The average Bonchev–Trinajstić information content (AvgIpc) is 2.72. The van der Waals surface area contributed by atoms with Gasteiger partial charge in [0.25, 0.3) is 5.69 Å². The predicted octanol–water partition coefficient (Wildman–Crippen LogP) is 2.93. The molecular weight excluding hydrogens is 417 g/mol. The number of halogens is 3. The summed E-state index contributed by atoms with van der Waals surface area (Å²) < 4.78 is 41.5. The molecule has 0 aliphatic carbocycles. The summed E-state index contributed by atoms with van der Waals surface area (Å²) in [5.41, 5.74) is 0.792. The molecule has 1 fully saturated rings. The lowest BCUT2D eigenvalue weighted by atomic mass is 10.2. The molecule has 0 saturated carbocycles. The second-order valence-corrected chi connectivity index (χ2v) is 6.94. The van der Waals surface area contributed by atoms with Crippen LogP contribution in [-0.4, -0.2) is 54.8 Å². The molecule has 0 bridgehead atoms. The summed E-state index contributed by atoms with van der Waals surface area (Å²) in [5, 5.41) is 13.8. The third-order valence-electron chi connectivity index (χ3n) is 4.83. The van der Waals surface area contributed by atoms with Gasteiger partial charge in [0.05, 0.1) is 11.5 Å². The summed E-state index contributed by atoms with van der Waals surface area (Å²) in [5.74, 6) is -0.686. The van der Waals surface area contributed by atoms with Crippen LogP contribution >= 0.6 is 0 Å². The first-order valence-corrected chi connectivity index (χ1v) is 9.54. The topological polar surface area (TPSA) is 88.0 Å². The van der Waals surface area contributed by atoms with E-state index in [2.05, 4.69) is 10.1 Å². The van der Waals surface area contributed by atoms with Crippen molar-refractivity contribution in [3.63, 3.8) is 0 Å². The number of piperazine rings is 1. The Morgan fingerprint density at radius 1 is 1.06 bits per heavy atom. The number of rotatable bonds is 7. The molecule has 2 aromatic carbocycles. The maximum absolute atomic E-state index is 12.5. The Labute approximate surface area is 176 Å². The van der Waals surface area contributed by atoms with Gasteiger partial charge in [-0.15, -0.1) is 13.2 Å². The smallest absolute Gasteiger partial charge is 0.405 e. The Bertz CT molecular complexity index is 931. The lowest BCUT2D eigenvalue weighted by molar-refractivity contribution is -0.384. The number of alkyl halides is 3. The van der Waals surface area contributed by atoms with Crippen molar-refractivity contribution < 1.29 is 27.6 Å². The first-order chi connectivity index (χ1) is 14.7. The third-order valence-corrected chi connectivity index (χ3v) is 4.83. The van der Waals surface area contributed by atoms with Crippen molar-refractivity contribution in [1.29, 1.82) is 0 Å². The largest absolute Gasteiger partial charge is 0.573 e. The fourth-order valence-electron chi connectivity index (χ4n) is 3.36. The van der Waals surface area contributed by atoms with Crippen LogP contribution in [0, 0.1) is 10.1 Å². The normalized spacial score (nSPS) is 14.9.